The molecule has 2 saturated heterocycles. The molecule has 1 unspecified atom stereocenters. The minimum Gasteiger partial charge on any atom is -0.488 e. The van der Waals surface area contributed by atoms with Gasteiger partial charge in [0.1, 0.15) is 18.1 Å². The topological polar surface area (TPSA) is 87.2 Å². The monoisotopic (exact) mass is 543 g/mol. The Morgan fingerprint density at radius 1 is 0.775 bits per heavy atom. The van der Waals surface area contributed by atoms with E-state index in [9.17, 15) is 19.2 Å². The van der Waals surface area contributed by atoms with Gasteiger partial charge in [-0.2, -0.15) is 0 Å². The highest BCUT2D eigenvalue weighted by Crippen LogP contribution is 2.34. The van der Waals surface area contributed by atoms with Crippen LogP contribution in [-0.2, 0) is 22.7 Å². The van der Waals surface area contributed by atoms with Gasteiger partial charge in [0.05, 0.1) is 23.6 Å². The fourth-order valence-corrected chi connectivity index (χ4v) is 6.69. The second kappa shape index (κ2) is 11.6. The molecule has 6 rings (SSSR count). The summed E-state index contributed by atoms with van der Waals surface area (Å²) < 4.78 is 6.04. The Balaban J connectivity index is 1.04. The normalized spacial score (nSPS) is 23.1. The molecular formula is C32H37N3O5. The van der Waals surface area contributed by atoms with E-state index in [4.69, 9.17) is 4.74 Å². The number of hydrogen-bond acceptors (Lipinski definition) is 7. The van der Waals surface area contributed by atoms with Gasteiger partial charge in [0.2, 0.25) is 0 Å². The summed E-state index contributed by atoms with van der Waals surface area (Å²) in [5, 5.41) is 0. The number of carbonyl (C=O) groups excluding carboxylic acids is 4. The Kier molecular flexibility index (Phi) is 7.80. The number of ether oxygens (including phenoxy) is 1. The third kappa shape index (κ3) is 5.47. The van der Waals surface area contributed by atoms with Gasteiger partial charge in [-0.3, -0.25) is 29.0 Å². The van der Waals surface area contributed by atoms with Crippen LogP contribution in [0.3, 0.4) is 0 Å². The molecule has 8 heteroatoms. The van der Waals surface area contributed by atoms with Gasteiger partial charge in [-0.15, -0.1) is 0 Å². The van der Waals surface area contributed by atoms with Crippen LogP contribution in [0.5, 0.6) is 5.75 Å². The molecule has 1 aliphatic carbocycles. The summed E-state index contributed by atoms with van der Waals surface area (Å²) in [6, 6.07) is 13.2. The number of fused-ring (bicyclic) bond motifs is 1. The van der Waals surface area contributed by atoms with E-state index in [2.05, 4.69) is 34.1 Å². The van der Waals surface area contributed by atoms with Crippen molar-refractivity contribution in [2.45, 2.75) is 76.6 Å². The summed E-state index contributed by atoms with van der Waals surface area (Å²) in [4.78, 5) is 56.7. The average molecular weight is 544 g/mol. The minimum atomic E-state index is -0.888. The van der Waals surface area contributed by atoms with Crippen LogP contribution in [0.1, 0.15) is 83.2 Å². The molecule has 40 heavy (non-hydrogen) atoms. The summed E-state index contributed by atoms with van der Waals surface area (Å²) in [7, 11) is 0. The highest BCUT2D eigenvalue weighted by atomic mass is 16.5. The van der Waals surface area contributed by atoms with Gasteiger partial charge in [-0.1, -0.05) is 36.8 Å². The van der Waals surface area contributed by atoms with Gasteiger partial charge < -0.3 is 9.64 Å². The lowest BCUT2D eigenvalue weighted by molar-refractivity contribution is -0.132. The van der Waals surface area contributed by atoms with E-state index in [0.717, 1.165) is 36.1 Å². The number of rotatable bonds is 7. The maximum Gasteiger partial charge on any atom is 0.266 e. The zero-order valence-electron chi connectivity index (χ0n) is 23.0. The van der Waals surface area contributed by atoms with Gasteiger partial charge in [0, 0.05) is 19.0 Å². The lowest BCUT2D eigenvalue weighted by Gasteiger charge is -2.40. The molecule has 3 heterocycles. The lowest BCUT2D eigenvalue weighted by atomic mass is 9.92. The first-order valence-corrected chi connectivity index (χ1v) is 14.7. The van der Waals surface area contributed by atoms with Crippen LogP contribution in [0, 0.1) is 0 Å². The van der Waals surface area contributed by atoms with Gasteiger partial charge >= 0.3 is 0 Å². The van der Waals surface area contributed by atoms with Crippen molar-refractivity contribution in [1.82, 2.24) is 14.7 Å². The van der Waals surface area contributed by atoms with Crippen LogP contribution in [0.2, 0.25) is 0 Å². The largest absolute Gasteiger partial charge is 0.488 e. The number of piperidine rings is 2. The SMILES string of the molecule is O=C1CCC(N2C(=O)c3cccc(OCc4ccc(CN5CCC(N6CCCCC6)CC5)cc4)c3C2=O)C(=O)C1. The van der Waals surface area contributed by atoms with Gasteiger partial charge in [0.25, 0.3) is 11.8 Å². The minimum absolute atomic E-state index is 0.148. The van der Waals surface area contributed by atoms with Crippen LogP contribution in [0.25, 0.3) is 0 Å². The Bertz CT molecular complexity index is 1290. The van der Waals surface area contributed by atoms with Crippen molar-refractivity contribution >= 4 is 23.4 Å². The smallest absolute Gasteiger partial charge is 0.266 e. The first-order chi connectivity index (χ1) is 19.5. The van der Waals surface area contributed by atoms with Crippen molar-refractivity contribution < 1.29 is 23.9 Å². The number of benzene rings is 2. The molecule has 4 aliphatic rings. The molecule has 210 valence electrons. The van der Waals surface area contributed by atoms with Crippen LogP contribution in [0.15, 0.2) is 42.5 Å². The summed E-state index contributed by atoms with van der Waals surface area (Å²) in [5.41, 5.74) is 2.68. The number of amides is 2. The molecule has 1 saturated carbocycles. The molecule has 1 atom stereocenters. The predicted molar refractivity (Wildman–Crippen MR) is 149 cm³/mol. The first kappa shape index (κ1) is 26.8. The molecule has 0 bridgehead atoms. The van der Waals surface area contributed by atoms with Crippen LogP contribution in [-0.4, -0.2) is 76.3 Å². The third-order valence-electron chi connectivity index (χ3n) is 8.95. The van der Waals surface area contributed by atoms with Crippen LogP contribution < -0.4 is 4.74 Å². The number of imide groups is 1. The second-order valence-electron chi connectivity index (χ2n) is 11.6. The molecular weight excluding hydrogens is 506 g/mol. The second-order valence-corrected chi connectivity index (χ2v) is 11.6. The average Bonchev–Trinajstić information content (AvgIpc) is 3.23. The van der Waals surface area contributed by atoms with Crippen molar-refractivity contribution in [3.63, 3.8) is 0 Å². The molecule has 2 aromatic rings. The summed E-state index contributed by atoms with van der Waals surface area (Å²) >= 11 is 0. The summed E-state index contributed by atoms with van der Waals surface area (Å²) in [5.74, 6) is -1.21. The number of Topliss-reactive ketones (excluding diaryl/α,β-unsaturated/α-hetero) is 2. The molecule has 2 amide bonds. The van der Waals surface area contributed by atoms with Crippen LogP contribution in [0.4, 0.5) is 0 Å². The van der Waals surface area contributed by atoms with Crippen molar-refractivity contribution in [3.05, 3.63) is 64.7 Å². The number of carbonyl (C=O) groups is 4. The molecule has 0 N–H and O–H groups in total. The standard InChI is InChI=1S/C32H37N3O5/c36-25-11-12-27(28(37)19-25)35-31(38)26-5-4-6-29(30(26)32(35)39)40-21-23-9-7-22(8-10-23)20-33-17-13-24(14-18-33)34-15-2-1-3-16-34/h4-10,24,27H,1-3,11-21H2. The zero-order valence-corrected chi connectivity index (χ0v) is 23.0. The first-order valence-electron chi connectivity index (χ1n) is 14.7. The van der Waals surface area contributed by atoms with E-state index in [-0.39, 0.29) is 48.6 Å². The van der Waals surface area contributed by atoms with Crippen molar-refractivity contribution in [1.29, 1.82) is 0 Å². The highest BCUT2D eigenvalue weighted by molar-refractivity contribution is 6.24. The Hall–Kier alpha value is -3.36. The van der Waals surface area contributed by atoms with E-state index in [1.807, 2.05) is 0 Å². The van der Waals surface area contributed by atoms with Crippen molar-refractivity contribution in [2.75, 3.05) is 26.2 Å². The van der Waals surface area contributed by atoms with Crippen LogP contribution >= 0.6 is 0 Å². The number of hydrogen-bond donors (Lipinski definition) is 0. The quantitative estimate of drug-likeness (QED) is 0.385. The Morgan fingerprint density at radius 3 is 2.23 bits per heavy atom. The molecule has 8 nitrogen and oxygen atoms in total. The van der Waals surface area contributed by atoms with Crippen molar-refractivity contribution in [2.24, 2.45) is 0 Å². The summed E-state index contributed by atoms with van der Waals surface area (Å²) in [6.07, 6.45) is 6.72. The number of ketones is 2. The summed E-state index contributed by atoms with van der Waals surface area (Å²) in [6.45, 7) is 6.01. The fourth-order valence-electron chi connectivity index (χ4n) is 6.69. The van der Waals surface area contributed by atoms with Gasteiger partial charge in [-0.25, -0.2) is 0 Å². The van der Waals surface area contributed by atoms with E-state index in [1.54, 1.807) is 18.2 Å². The number of likely N-dealkylation sites (tertiary alicyclic amines) is 2. The third-order valence-corrected chi connectivity index (χ3v) is 8.95. The molecule has 0 aromatic heterocycles. The molecule has 2 aromatic carbocycles. The fraction of sp³-hybridized carbons (Fsp3) is 0.500. The van der Waals surface area contributed by atoms with Gasteiger partial charge in [-0.05, 0) is 81.5 Å². The molecule has 3 aliphatic heterocycles. The van der Waals surface area contributed by atoms with Crippen molar-refractivity contribution in [3.8, 4) is 5.75 Å². The van der Waals surface area contributed by atoms with E-state index in [1.165, 1.54) is 50.8 Å². The maximum absolute atomic E-state index is 13.3. The van der Waals surface area contributed by atoms with Gasteiger partial charge in [0.15, 0.2) is 5.78 Å². The molecule has 3 fully saturated rings. The zero-order chi connectivity index (χ0) is 27.6. The lowest BCUT2D eigenvalue weighted by Crippen LogP contribution is -2.47. The molecule has 0 spiro atoms. The maximum atomic E-state index is 13.3. The van der Waals surface area contributed by atoms with E-state index in [0.29, 0.717) is 5.75 Å². The molecule has 0 radical (unpaired) electrons. The Morgan fingerprint density at radius 2 is 1.50 bits per heavy atom. The predicted octanol–water partition coefficient (Wildman–Crippen LogP) is 4.00. The Labute approximate surface area is 235 Å². The number of nitrogens with zero attached hydrogens (tertiary/aromatic N) is 3. The van der Waals surface area contributed by atoms with E-state index < -0.39 is 17.9 Å². The highest BCUT2D eigenvalue weighted by Gasteiger charge is 2.45. The van der Waals surface area contributed by atoms with E-state index >= 15 is 0 Å².